The van der Waals surface area contributed by atoms with Gasteiger partial charge in [-0.3, -0.25) is 4.79 Å². The average Bonchev–Trinajstić information content (AvgIpc) is 3.20. The first-order valence-electron chi connectivity index (χ1n) is 11.3. The van der Waals surface area contributed by atoms with E-state index in [9.17, 15) is 4.79 Å². The van der Waals surface area contributed by atoms with Crippen LogP contribution in [0.1, 0.15) is 54.9 Å². The maximum Gasteiger partial charge on any atom is 0.191 e. The number of benzene rings is 2. The van der Waals surface area contributed by atoms with Gasteiger partial charge in [-0.1, -0.05) is 49.9 Å². The molecule has 4 aromatic rings. The van der Waals surface area contributed by atoms with Crippen molar-refractivity contribution < 1.29 is 4.74 Å². The van der Waals surface area contributed by atoms with Gasteiger partial charge in [0, 0.05) is 29.4 Å². The lowest BCUT2D eigenvalue weighted by atomic mass is 10.0. The van der Waals surface area contributed by atoms with Gasteiger partial charge in [0.2, 0.25) is 0 Å². The summed E-state index contributed by atoms with van der Waals surface area (Å²) in [4.78, 5) is 16.2. The Morgan fingerprint density at radius 2 is 1.79 bits per heavy atom. The van der Waals surface area contributed by atoms with Crippen molar-refractivity contribution in [3.05, 3.63) is 80.9 Å². The van der Waals surface area contributed by atoms with E-state index in [1.54, 1.807) is 17.8 Å². The Labute approximate surface area is 198 Å². The van der Waals surface area contributed by atoms with Gasteiger partial charge in [-0.15, -0.1) is 10.2 Å². The molecule has 0 atom stereocenters. The number of nitrogens with one attached hydrogen (secondary N) is 1. The first kappa shape index (κ1) is 23.1. The number of aromatic amines is 1. The summed E-state index contributed by atoms with van der Waals surface area (Å²) in [7, 11) is 0. The highest BCUT2D eigenvalue weighted by Gasteiger charge is 2.14. The Bertz CT molecular complexity index is 1320. The molecule has 33 heavy (non-hydrogen) atoms. The van der Waals surface area contributed by atoms with E-state index in [-0.39, 0.29) is 5.43 Å². The Morgan fingerprint density at radius 3 is 2.48 bits per heavy atom. The van der Waals surface area contributed by atoms with Crippen LogP contribution in [0.4, 0.5) is 0 Å². The first-order valence-corrected chi connectivity index (χ1v) is 12.3. The highest BCUT2D eigenvalue weighted by atomic mass is 32.2. The number of hydrogen-bond donors (Lipinski definition) is 1. The van der Waals surface area contributed by atoms with Crippen molar-refractivity contribution >= 4 is 22.7 Å². The number of thioether (sulfide) groups is 1. The minimum absolute atomic E-state index is 0.0510. The van der Waals surface area contributed by atoms with E-state index in [0.717, 1.165) is 51.0 Å². The molecule has 0 unspecified atom stereocenters. The molecule has 1 N–H and O–H groups in total. The summed E-state index contributed by atoms with van der Waals surface area (Å²) in [5.41, 5.74) is 5.18. The van der Waals surface area contributed by atoms with Gasteiger partial charge in [-0.2, -0.15) is 0 Å². The molecular formula is C26H30N4O2S. The third-order valence-electron chi connectivity index (χ3n) is 5.84. The quantitative estimate of drug-likeness (QED) is 0.338. The molecule has 0 amide bonds. The molecule has 0 aliphatic heterocycles. The highest BCUT2D eigenvalue weighted by Crippen LogP contribution is 2.24. The second-order valence-electron chi connectivity index (χ2n) is 8.55. The average molecular weight is 463 g/mol. The third-order valence-corrected chi connectivity index (χ3v) is 6.86. The van der Waals surface area contributed by atoms with Crippen LogP contribution in [-0.4, -0.2) is 19.7 Å². The van der Waals surface area contributed by atoms with Crippen LogP contribution in [0.15, 0.2) is 52.4 Å². The van der Waals surface area contributed by atoms with Crippen LogP contribution >= 0.6 is 11.8 Å². The van der Waals surface area contributed by atoms with E-state index in [1.165, 1.54) is 5.56 Å². The van der Waals surface area contributed by atoms with Gasteiger partial charge in [0.25, 0.3) is 0 Å². The molecule has 2 aromatic carbocycles. The molecule has 0 aliphatic carbocycles. The van der Waals surface area contributed by atoms with Crippen molar-refractivity contribution in [3.63, 3.8) is 0 Å². The summed E-state index contributed by atoms with van der Waals surface area (Å²) in [6, 6.07) is 13.9. The Hall–Kier alpha value is -3.06. The van der Waals surface area contributed by atoms with Crippen molar-refractivity contribution in [3.8, 4) is 5.75 Å². The summed E-state index contributed by atoms with van der Waals surface area (Å²) < 4.78 is 8.01. The number of ether oxygens (including phenoxy) is 1. The molecule has 0 radical (unpaired) electrons. The van der Waals surface area contributed by atoms with Crippen LogP contribution < -0.4 is 10.2 Å². The number of rotatable bonds is 8. The van der Waals surface area contributed by atoms with Gasteiger partial charge in [0.05, 0.1) is 5.52 Å². The van der Waals surface area contributed by atoms with Crippen molar-refractivity contribution in [1.82, 2.24) is 19.7 Å². The van der Waals surface area contributed by atoms with Crippen LogP contribution in [0.25, 0.3) is 10.9 Å². The SMILES string of the molecule is CCn1c(COc2ccc(C(C)C)cc2)nnc1SCc1cc(=O)c2c(C)ccc(C)c2[nH]1. The number of fused-ring (bicyclic) bond motifs is 1. The monoisotopic (exact) mass is 462 g/mol. The van der Waals surface area contributed by atoms with Crippen LogP contribution in [0, 0.1) is 13.8 Å². The fourth-order valence-corrected chi connectivity index (χ4v) is 4.81. The molecule has 6 nitrogen and oxygen atoms in total. The maximum atomic E-state index is 12.7. The zero-order valence-corrected chi connectivity index (χ0v) is 20.6. The fraction of sp³-hybridized carbons (Fsp3) is 0.346. The number of hydrogen-bond acceptors (Lipinski definition) is 5. The van der Waals surface area contributed by atoms with Crippen molar-refractivity contribution in [2.45, 2.75) is 64.6 Å². The number of H-pyrrole nitrogens is 1. The van der Waals surface area contributed by atoms with E-state index < -0.39 is 0 Å². The molecule has 2 heterocycles. The largest absolute Gasteiger partial charge is 0.486 e. The molecule has 7 heteroatoms. The van der Waals surface area contributed by atoms with E-state index in [4.69, 9.17) is 4.74 Å². The zero-order chi connectivity index (χ0) is 23.5. The lowest BCUT2D eigenvalue weighted by molar-refractivity contribution is 0.288. The molecule has 0 aliphatic rings. The smallest absolute Gasteiger partial charge is 0.191 e. The lowest BCUT2D eigenvalue weighted by Gasteiger charge is -2.11. The van der Waals surface area contributed by atoms with Gasteiger partial charge in [0.1, 0.15) is 12.4 Å². The molecule has 0 fully saturated rings. The minimum atomic E-state index is 0.0510. The minimum Gasteiger partial charge on any atom is -0.486 e. The predicted molar refractivity (Wildman–Crippen MR) is 134 cm³/mol. The Kier molecular flexibility index (Phi) is 6.88. The Morgan fingerprint density at radius 1 is 1.06 bits per heavy atom. The summed E-state index contributed by atoms with van der Waals surface area (Å²) in [6.07, 6.45) is 0. The number of nitrogens with zero attached hydrogens (tertiary/aromatic N) is 3. The topological polar surface area (TPSA) is 72.8 Å². The summed E-state index contributed by atoms with van der Waals surface area (Å²) in [5, 5.41) is 10.3. The predicted octanol–water partition coefficient (Wildman–Crippen LogP) is 5.75. The highest BCUT2D eigenvalue weighted by molar-refractivity contribution is 7.98. The number of aromatic nitrogens is 4. The molecule has 4 rings (SSSR count). The van der Waals surface area contributed by atoms with Gasteiger partial charge < -0.3 is 14.3 Å². The van der Waals surface area contributed by atoms with Crippen molar-refractivity contribution in [1.29, 1.82) is 0 Å². The first-order chi connectivity index (χ1) is 15.9. The maximum absolute atomic E-state index is 12.7. The van der Waals surface area contributed by atoms with Gasteiger partial charge >= 0.3 is 0 Å². The van der Waals surface area contributed by atoms with Crippen molar-refractivity contribution in [2.75, 3.05) is 0 Å². The van der Waals surface area contributed by atoms with Gasteiger partial charge in [-0.05, 0) is 55.5 Å². The van der Waals surface area contributed by atoms with Crippen LogP contribution in [0.5, 0.6) is 5.75 Å². The van der Waals surface area contributed by atoms with E-state index in [2.05, 4.69) is 52.7 Å². The normalized spacial score (nSPS) is 11.5. The van der Waals surface area contributed by atoms with Gasteiger partial charge in [-0.25, -0.2) is 0 Å². The van der Waals surface area contributed by atoms with Crippen LogP contribution in [0.2, 0.25) is 0 Å². The number of aryl methyl sites for hydroxylation is 2. The molecule has 0 bridgehead atoms. The van der Waals surface area contributed by atoms with Crippen molar-refractivity contribution in [2.24, 2.45) is 0 Å². The molecule has 0 saturated carbocycles. The third kappa shape index (κ3) is 4.98. The van der Waals surface area contributed by atoms with Crippen LogP contribution in [-0.2, 0) is 18.9 Å². The number of pyridine rings is 1. The second kappa shape index (κ2) is 9.83. The van der Waals surface area contributed by atoms with E-state index >= 15 is 0 Å². The molecule has 2 aromatic heterocycles. The van der Waals surface area contributed by atoms with Crippen LogP contribution in [0.3, 0.4) is 0 Å². The Balaban J connectivity index is 1.47. The molecule has 0 saturated heterocycles. The molecular weight excluding hydrogens is 432 g/mol. The lowest BCUT2D eigenvalue weighted by Crippen LogP contribution is -2.08. The standard InChI is InChI=1S/C26H30N4O2S/c1-6-30-23(14-32-21-11-9-19(10-12-21)16(2)3)28-29-26(30)33-15-20-13-22(31)24-17(4)7-8-18(5)25(24)27-20/h7-13,16H,6,14-15H2,1-5H3,(H,27,31). The molecule has 0 spiro atoms. The summed E-state index contributed by atoms with van der Waals surface area (Å²) in [5.74, 6) is 2.70. The zero-order valence-electron chi connectivity index (χ0n) is 19.8. The summed E-state index contributed by atoms with van der Waals surface area (Å²) in [6.45, 7) is 11.5. The van der Waals surface area contributed by atoms with E-state index in [1.807, 2.05) is 38.1 Å². The summed E-state index contributed by atoms with van der Waals surface area (Å²) >= 11 is 1.56. The molecule has 172 valence electrons. The second-order valence-corrected chi connectivity index (χ2v) is 9.49. The van der Waals surface area contributed by atoms with E-state index in [0.29, 0.717) is 18.3 Å². The van der Waals surface area contributed by atoms with Gasteiger partial charge in [0.15, 0.2) is 16.4 Å². The fourth-order valence-electron chi connectivity index (χ4n) is 3.88.